The average molecular weight is 305 g/mol. The van der Waals surface area contributed by atoms with Gasteiger partial charge in [-0.3, -0.25) is 4.79 Å². The number of carbonyl (C=O) groups is 1. The van der Waals surface area contributed by atoms with Crippen molar-refractivity contribution in [3.8, 4) is 0 Å². The van der Waals surface area contributed by atoms with Crippen LogP contribution in [0.2, 0.25) is 0 Å². The Morgan fingerprint density at radius 1 is 1.27 bits per heavy atom. The van der Waals surface area contributed by atoms with Crippen molar-refractivity contribution in [1.29, 1.82) is 0 Å². The largest absolute Gasteiger partial charge is 0.379 e. The molecule has 0 saturated carbocycles. The number of hydrogen-bond acceptors (Lipinski definition) is 4. The van der Waals surface area contributed by atoms with Gasteiger partial charge in [-0.15, -0.1) is 0 Å². The highest BCUT2D eigenvalue weighted by atomic mass is 19.1. The normalized spacial score (nSPS) is 25.8. The maximum absolute atomic E-state index is 13.9. The molecule has 0 N–H and O–H groups in total. The predicted molar refractivity (Wildman–Crippen MR) is 81.1 cm³/mol. The van der Waals surface area contributed by atoms with E-state index in [1.54, 1.807) is 30.0 Å². The fourth-order valence-electron chi connectivity index (χ4n) is 2.84. The van der Waals surface area contributed by atoms with Gasteiger partial charge >= 0.3 is 0 Å². The van der Waals surface area contributed by atoms with Gasteiger partial charge in [0.05, 0.1) is 5.71 Å². The Bertz CT molecular complexity index is 611. The zero-order valence-electron chi connectivity index (χ0n) is 12.9. The monoisotopic (exact) mass is 305 g/mol. The van der Waals surface area contributed by atoms with E-state index < -0.39 is 5.60 Å². The maximum atomic E-state index is 13.9. The molecule has 3 rings (SSSR count). The van der Waals surface area contributed by atoms with E-state index in [4.69, 9.17) is 4.84 Å². The average Bonchev–Trinajstić information content (AvgIpc) is 2.91. The van der Waals surface area contributed by atoms with Crippen molar-refractivity contribution in [2.45, 2.75) is 18.9 Å². The molecule has 118 valence electrons. The quantitative estimate of drug-likeness (QED) is 0.831. The molecule has 2 aliphatic rings. The summed E-state index contributed by atoms with van der Waals surface area (Å²) in [6.07, 6.45) is 0.291. The molecular formula is C16H20FN3O2. The van der Waals surface area contributed by atoms with Crippen molar-refractivity contribution in [3.63, 3.8) is 0 Å². The number of benzene rings is 1. The summed E-state index contributed by atoms with van der Waals surface area (Å²) in [7, 11) is 2.04. The van der Waals surface area contributed by atoms with Crippen LogP contribution >= 0.6 is 0 Å². The van der Waals surface area contributed by atoms with Crippen molar-refractivity contribution >= 4 is 11.6 Å². The first kappa shape index (κ1) is 15.0. The van der Waals surface area contributed by atoms with Gasteiger partial charge in [-0.1, -0.05) is 23.4 Å². The van der Waals surface area contributed by atoms with E-state index in [1.165, 1.54) is 6.07 Å². The van der Waals surface area contributed by atoms with Crippen molar-refractivity contribution in [3.05, 3.63) is 35.6 Å². The minimum atomic E-state index is -1.03. The second kappa shape index (κ2) is 5.68. The van der Waals surface area contributed by atoms with Gasteiger partial charge in [0.1, 0.15) is 5.82 Å². The second-order valence-electron chi connectivity index (χ2n) is 6.11. The van der Waals surface area contributed by atoms with E-state index in [-0.39, 0.29) is 11.7 Å². The molecule has 1 saturated heterocycles. The summed E-state index contributed by atoms with van der Waals surface area (Å²) in [6.45, 7) is 4.79. The van der Waals surface area contributed by atoms with Gasteiger partial charge in [0, 0.05) is 38.2 Å². The molecule has 1 amide bonds. The number of likely N-dealkylation sites (N-methyl/N-ethyl adjacent to an activating group) is 1. The number of halogens is 1. The number of hydrogen-bond donors (Lipinski definition) is 0. The van der Waals surface area contributed by atoms with Crippen molar-refractivity contribution in [2.75, 3.05) is 33.2 Å². The SMILES string of the molecule is CN1CCN(C(=O)[C@]2(C)CC(c3ccccc3F)=NO2)CC1. The Morgan fingerprint density at radius 3 is 2.64 bits per heavy atom. The lowest BCUT2D eigenvalue weighted by molar-refractivity contribution is -0.154. The summed E-state index contributed by atoms with van der Waals surface area (Å²) in [4.78, 5) is 22.1. The van der Waals surface area contributed by atoms with Crippen LogP contribution in [0.5, 0.6) is 0 Å². The van der Waals surface area contributed by atoms with Crippen LogP contribution in [0.3, 0.4) is 0 Å². The van der Waals surface area contributed by atoms with Crippen LogP contribution in [-0.4, -0.2) is 60.2 Å². The van der Waals surface area contributed by atoms with Gasteiger partial charge in [0.15, 0.2) is 0 Å². The lowest BCUT2D eigenvalue weighted by atomic mass is 9.94. The molecule has 0 spiro atoms. The standard InChI is InChI=1S/C16H20FN3O2/c1-16(15(21)20-9-7-19(2)8-10-20)11-14(18-22-16)12-5-3-4-6-13(12)17/h3-6H,7-11H2,1-2H3/t16-/m0/s1. The molecular weight excluding hydrogens is 285 g/mol. The third-order valence-electron chi connectivity index (χ3n) is 4.29. The molecule has 1 aromatic carbocycles. The van der Waals surface area contributed by atoms with E-state index in [1.807, 2.05) is 7.05 Å². The number of rotatable bonds is 2. The number of oxime groups is 1. The van der Waals surface area contributed by atoms with E-state index in [2.05, 4.69) is 10.1 Å². The number of amides is 1. The van der Waals surface area contributed by atoms with Crippen LogP contribution in [0.25, 0.3) is 0 Å². The minimum Gasteiger partial charge on any atom is -0.379 e. The molecule has 5 nitrogen and oxygen atoms in total. The number of carbonyl (C=O) groups excluding carboxylic acids is 1. The Balaban J connectivity index is 1.72. The fourth-order valence-corrected chi connectivity index (χ4v) is 2.84. The zero-order chi connectivity index (χ0) is 15.7. The molecule has 1 aromatic rings. The molecule has 0 aromatic heterocycles. The van der Waals surface area contributed by atoms with E-state index in [0.29, 0.717) is 30.8 Å². The van der Waals surface area contributed by atoms with Crippen molar-refractivity contribution in [2.24, 2.45) is 5.16 Å². The van der Waals surface area contributed by atoms with Gasteiger partial charge in [0.25, 0.3) is 5.91 Å². The predicted octanol–water partition coefficient (Wildman–Crippen LogP) is 1.48. The fraction of sp³-hybridized carbons (Fsp3) is 0.500. The third kappa shape index (κ3) is 2.70. The summed E-state index contributed by atoms with van der Waals surface area (Å²) in [5, 5.41) is 3.97. The van der Waals surface area contributed by atoms with Crippen LogP contribution < -0.4 is 0 Å². The van der Waals surface area contributed by atoms with Gasteiger partial charge in [-0.05, 0) is 20.0 Å². The summed E-state index contributed by atoms with van der Waals surface area (Å²) >= 11 is 0. The molecule has 2 aliphatic heterocycles. The second-order valence-corrected chi connectivity index (χ2v) is 6.11. The molecule has 22 heavy (non-hydrogen) atoms. The lowest BCUT2D eigenvalue weighted by Crippen LogP contribution is -2.54. The molecule has 2 heterocycles. The maximum Gasteiger partial charge on any atom is 0.269 e. The minimum absolute atomic E-state index is 0.0734. The van der Waals surface area contributed by atoms with Crippen LogP contribution in [0, 0.1) is 5.82 Å². The molecule has 0 bridgehead atoms. The molecule has 6 heteroatoms. The van der Waals surface area contributed by atoms with Gasteiger partial charge in [0.2, 0.25) is 5.60 Å². The first-order chi connectivity index (χ1) is 10.5. The Labute approximate surface area is 129 Å². The lowest BCUT2D eigenvalue weighted by Gasteiger charge is -2.36. The summed E-state index contributed by atoms with van der Waals surface area (Å²) in [5.41, 5.74) is -0.145. The summed E-state index contributed by atoms with van der Waals surface area (Å²) in [6, 6.07) is 6.42. The number of nitrogens with zero attached hydrogens (tertiary/aromatic N) is 3. The topological polar surface area (TPSA) is 45.1 Å². The van der Waals surface area contributed by atoms with Crippen LogP contribution in [-0.2, 0) is 9.63 Å². The Kier molecular flexibility index (Phi) is 3.87. The molecule has 1 atom stereocenters. The van der Waals surface area contributed by atoms with E-state index in [0.717, 1.165) is 13.1 Å². The van der Waals surface area contributed by atoms with Gasteiger partial charge in [-0.2, -0.15) is 0 Å². The Morgan fingerprint density at radius 2 is 1.95 bits per heavy atom. The summed E-state index contributed by atoms with van der Waals surface area (Å²) in [5.74, 6) is -0.420. The first-order valence-corrected chi connectivity index (χ1v) is 7.47. The van der Waals surface area contributed by atoms with Gasteiger partial charge in [-0.25, -0.2) is 4.39 Å². The van der Waals surface area contributed by atoms with Gasteiger partial charge < -0.3 is 14.6 Å². The van der Waals surface area contributed by atoms with E-state index >= 15 is 0 Å². The van der Waals surface area contributed by atoms with Crippen LogP contribution in [0.15, 0.2) is 29.4 Å². The smallest absolute Gasteiger partial charge is 0.269 e. The number of piperazine rings is 1. The highest BCUT2D eigenvalue weighted by molar-refractivity contribution is 6.05. The molecule has 0 radical (unpaired) electrons. The molecule has 0 unspecified atom stereocenters. The van der Waals surface area contributed by atoms with E-state index in [9.17, 15) is 9.18 Å². The highest BCUT2D eigenvalue weighted by Gasteiger charge is 2.45. The molecule has 1 fully saturated rings. The van der Waals surface area contributed by atoms with Crippen LogP contribution in [0.4, 0.5) is 4.39 Å². The third-order valence-corrected chi connectivity index (χ3v) is 4.29. The van der Waals surface area contributed by atoms with Crippen molar-refractivity contribution in [1.82, 2.24) is 9.80 Å². The summed E-state index contributed by atoms with van der Waals surface area (Å²) < 4.78 is 13.9. The molecule has 0 aliphatic carbocycles. The van der Waals surface area contributed by atoms with Crippen LogP contribution in [0.1, 0.15) is 18.9 Å². The first-order valence-electron chi connectivity index (χ1n) is 7.47. The van der Waals surface area contributed by atoms with Crippen molar-refractivity contribution < 1.29 is 14.0 Å². The Hall–Kier alpha value is -1.95. The zero-order valence-corrected chi connectivity index (χ0v) is 12.9. The highest BCUT2D eigenvalue weighted by Crippen LogP contribution is 2.29.